The molecule has 0 saturated carbocycles. The number of carbonyl (C=O) groups excluding carboxylic acids is 2. The molecule has 1 N–H and O–H groups in total. The molecule has 5 nitrogen and oxygen atoms in total. The number of methoxy groups -OCH3 is 1. The van der Waals surface area contributed by atoms with Crippen LogP contribution in [0.25, 0.3) is 0 Å². The third-order valence-corrected chi connectivity index (χ3v) is 4.49. The molecule has 0 fully saturated rings. The summed E-state index contributed by atoms with van der Waals surface area (Å²) in [5, 5.41) is 2.85. The Morgan fingerprint density at radius 3 is 2.27 bits per heavy atom. The van der Waals surface area contributed by atoms with E-state index in [1.54, 1.807) is 0 Å². The van der Waals surface area contributed by atoms with Crippen LogP contribution in [0.3, 0.4) is 0 Å². The minimum absolute atomic E-state index is 0.0489. The van der Waals surface area contributed by atoms with Crippen LogP contribution in [-0.2, 0) is 14.3 Å². The minimum Gasteiger partial charge on any atom is -0.483 e. The van der Waals surface area contributed by atoms with Crippen LogP contribution in [0.15, 0.2) is 46.9 Å². The molecule has 2 aromatic rings. The predicted octanol–water partition coefficient (Wildman–Crippen LogP) is 3.87. The second kappa shape index (κ2) is 9.38. The van der Waals surface area contributed by atoms with Gasteiger partial charge in [0.2, 0.25) is 0 Å². The van der Waals surface area contributed by atoms with Gasteiger partial charge in [-0.15, -0.1) is 0 Å². The molecule has 0 aliphatic carbocycles. The monoisotopic (exact) mass is 419 g/mol. The van der Waals surface area contributed by atoms with Crippen LogP contribution in [0, 0.1) is 13.8 Å². The Labute approximate surface area is 161 Å². The van der Waals surface area contributed by atoms with Crippen LogP contribution in [0.5, 0.6) is 5.75 Å². The predicted molar refractivity (Wildman–Crippen MR) is 103 cm³/mol. The number of hydrogen-bond acceptors (Lipinski definition) is 4. The van der Waals surface area contributed by atoms with E-state index < -0.39 is 12.0 Å². The molecule has 0 heterocycles. The van der Waals surface area contributed by atoms with E-state index in [-0.39, 0.29) is 18.9 Å². The van der Waals surface area contributed by atoms with Crippen LogP contribution in [0.4, 0.5) is 0 Å². The van der Waals surface area contributed by atoms with Crippen molar-refractivity contribution in [2.24, 2.45) is 0 Å². The second-order valence-electron chi connectivity index (χ2n) is 5.96. The average Bonchev–Trinajstić information content (AvgIpc) is 2.61. The third-order valence-electron chi connectivity index (χ3n) is 3.96. The maximum atomic E-state index is 12.4. The number of ether oxygens (including phenoxy) is 2. The highest BCUT2D eigenvalue weighted by atomic mass is 79.9. The van der Waals surface area contributed by atoms with Gasteiger partial charge in [0.25, 0.3) is 5.91 Å². The highest BCUT2D eigenvalue weighted by Crippen LogP contribution is 2.23. The summed E-state index contributed by atoms with van der Waals surface area (Å²) in [6.45, 7) is 3.74. The van der Waals surface area contributed by atoms with E-state index in [1.807, 2.05) is 56.3 Å². The largest absolute Gasteiger partial charge is 0.483 e. The molecular formula is C20H22BrNO4. The average molecular weight is 420 g/mol. The topological polar surface area (TPSA) is 64.6 Å². The molecule has 0 aliphatic heterocycles. The van der Waals surface area contributed by atoms with E-state index in [0.717, 1.165) is 21.2 Å². The number of aryl methyl sites for hydroxylation is 2. The molecule has 26 heavy (non-hydrogen) atoms. The van der Waals surface area contributed by atoms with Gasteiger partial charge < -0.3 is 14.8 Å². The van der Waals surface area contributed by atoms with Crippen molar-refractivity contribution in [3.63, 3.8) is 0 Å². The standard InChI is InChI=1S/C20H22BrNO4/c1-13-5-4-6-14(2)20(13)26-12-18(23)22-17(11-19(24)25-3)15-7-9-16(21)10-8-15/h4-10,17H,11-12H2,1-3H3,(H,22,23). The van der Waals surface area contributed by atoms with Crippen LogP contribution < -0.4 is 10.1 Å². The lowest BCUT2D eigenvalue weighted by Gasteiger charge is -2.19. The van der Waals surface area contributed by atoms with Gasteiger partial charge in [0.05, 0.1) is 19.6 Å². The third kappa shape index (κ3) is 5.59. The first-order valence-electron chi connectivity index (χ1n) is 8.21. The summed E-state index contributed by atoms with van der Waals surface area (Å²) in [7, 11) is 1.33. The number of benzene rings is 2. The highest BCUT2D eigenvalue weighted by Gasteiger charge is 2.19. The van der Waals surface area contributed by atoms with Crippen molar-refractivity contribution < 1.29 is 19.1 Å². The van der Waals surface area contributed by atoms with Crippen molar-refractivity contribution in [1.29, 1.82) is 0 Å². The fourth-order valence-corrected chi connectivity index (χ4v) is 2.86. The fourth-order valence-electron chi connectivity index (χ4n) is 2.60. The van der Waals surface area contributed by atoms with Crippen molar-refractivity contribution >= 4 is 27.8 Å². The Balaban J connectivity index is 2.05. The molecule has 0 bridgehead atoms. The first-order chi connectivity index (χ1) is 12.4. The lowest BCUT2D eigenvalue weighted by Crippen LogP contribution is -2.34. The number of amides is 1. The molecule has 1 atom stereocenters. The maximum absolute atomic E-state index is 12.4. The molecule has 1 unspecified atom stereocenters. The van der Waals surface area contributed by atoms with Crippen molar-refractivity contribution in [2.75, 3.05) is 13.7 Å². The van der Waals surface area contributed by atoms with Crippen molar-refractivity contribution in [3.8, 4) is 5.75 Å². The van der Waals surface area contributed by atoms with Crippen molar-refractivity contribution in [3.05, 3.63) is 63.6 Å². The van der Waals surface area contributed by atoms with Gasteiger partial charge in [-0.25, -0.2) is 0 Å². The van der Waals surface area contributed by atoms with Crippen molar-refractivity contribution in [1.82, 2.24) is 5.32 Å². The summed E-state index contributed by atoms with van der Waals surface area (Å²) in [4.78, 5) is 24.1. The number of para-hydroxylation sites is 1. The van der Waals surface area contributed by atoms with E-state index in [9.17, 15) is 9.59 Å². The quantitative estimate of drug-likeness (QED) is 0.691. The van der Waals surface area contributed by atoms with Crippen molar-refractivity contribution in [2.45, 2.75) is 26.3 Å². The molecule has 2 aromatic carbocycles. The zero-order valence-electron chi connectivity index (χ0n) is 15.0. The molecule has 1 amide bonds. The van der Waals surface area contributed by atoms with Gasteiger partial charge in [-0.3, -0.25) is 9.59 Å². The summed E-state index contributed by atoms with van der Waals surface area (Å²) in [6, 6.07) is 12.7. The van der Waals surface area contributed by atoms with E-state index in [0.29, 0.717) is 5.75 Å². The van der Waals surface area contributed by atoms with Gasteiger partial charge in [0.1, 0.15) is 5.75 Å². The SMILES string of the molecule is COC(=O)CC(NC(=O)COc1c(C)cccc1C)c1ccc(Br)cc1. The van der Waals surface area contributed by atoms with Crippen LogP contribution >= 0.6 is 15.9 Å². The highest BCUT2D eigenvalue weighted by molar-refractivity contribution is 9.10. The Kier molecular flexibility index (Phi) is 7.21. The Hall–Kier alpha value is -2.34. The van der Waals surface area contributed by atoms with Gasteiger partial charge in [-0.1, -0.05) is 46.3 Å². The summed E-state index contributed by atoms with van der Waals surface area (Å²) < 4.78 is 11.3. The Bertz CT molecular complexity index is 754. The lowest BCUT2D eigenvalue weighted by atomic mass is 10.0. The number of nitrogens with one attached hydrogen (secondary N) is 1. The zero-order valence-corrected chi connectivity index (χ0v) is 16.6. The molecule has 2 rings (SSSR count). The van der Waals surface area contributed by atoms with Gasteiger partial charge in [-0.2, -0.15) is 0 Å². The number of halogens is 1. The zero-order chi connectivity index (χ0) is 19.1. The van der Waals surface area contributed by atoms with Gasteiger partial charge >= 0.3 is 5.97 Å². The van der Waals surface area contributed by atoms with E-state index in [4.69, 9.17) is 9.47 Å². The van der Waals surface area contributed by atoms with Gasteiger partial charge in [0.15, 0.2) is 6.61 Å². The Morgan fingerprint density at radius 2 is 1.69 bits per heavy atom. The summed E-state index contributed by atoms with van der Waals surface area (Å²) >= 11 is 3.38. The molecule has 0 spiro atoms. The molecule has 0 saturated heterocycles. The summed E-state index contributed by atoms with van der Waals surface area (Å²) in [5.74, 6) is 0.00849. The smallest absolute Gasteiger partial charge is 0.307 e. The van der Waals surface area contributed by atoms with Gasteiger partial charge in [-0.05, 0) is 42.7 Å². The molecule has 0 radical (unpaired) electrons. The van der Waals surface area contributed by atoms with Crippen LogP contribution in [0.1, 0.15) is 29.2 Å². The van der Waals surface area contributed by atoms with E-state index in [2.05, 4.69) is 21.2 Å². The van der Waals surface area contributed by atoms with E-state index in [1.165, 1.54) is 7.11 Å². The normalized spacial score (nSPS) is 11.5. The molecule has 0 aromatic heterocycles. The van der Waals surface area contributed by atoms with E-state index >= 15 is 0 Å². The number of hydrogen-bond donors (Lipinski definition) is 1. The maximum Gasteiger partial charge on any atom is 0.307 e. The molecule has 6 heteroatoms. The summed E-state index contributed by atoms with van der Waals surface area (Å²) in [5.41, 5.74) is 2.76. The molecular weight excluding hydrogens is 398 g/mol. The second-order valence-corrected chi connectivity index (χ2v) is 6.88. The van der Waals surface area contributed by atoms with Gasteiger partial charge in [0, 0.05) is 4.47 Å². The van der Waals surface area contributed by atoms with Crippen LogP contribution in [-0.4, -0.2) is 25.6 Å². The molecule has 0 aliphatic rings. The number of rotatable bonds is 7. The van der Waals surface area contributed by atoms with Crippen LogP contribution in [0.2, 0.25) is 0 Å². The first kappa shape index (κ1) is 20.0. The lowest BCUT2D eigenvalue weighted by molar-refractivity contribution is -0.141. The molecule has 138 valence electrons. The summed E-state index contributed by atoms with van der Waals surface area (Å²) in [6.07, 6.45) is 0.0489. The fraction of sp³-hybridized carbons (Fsp3) is 0.300. The Morgan fingerprint density at radius 1 is 1.08 bits per heavy atom. The number of carbonyl (C=O) groups is 2. The number of esters is 1. The first-order valence-corrected chi connectivity index (χ1v) is 9.00. The minimum atomic E-state index is -0.482.